The summed E-state index contributed by atoms with van der Waals surface area (Å²) in [5.41, 5.74) is 1.13. The number of aliphatic hydroxyl groups is 1. The maximum absolute atomic E-state index is 9.71. The Morgan fingerprint density at radius 2 is 1.94 bits per heavy atom. The lowest BCUT2D eigenvalue weighted by atomic mass is 10.1. The molecule has 0 saturated carbocycles. The van der Waals surface area contributed by atoms with Crippen LogP contribution in [0.5, 0.6) is 5.75 Å². The average Bonchev–Trinajstić information content (AvgIpc) is 2.29. The number of hydrogen-bond donors (Lipinski definition) is 2. The Hall–Kier alpha value is -1.06. The van der Waals surface area contributed by atoms with E-state index < -0.39 is 0 Å². The lowest BCUT2D eigenvalue weighted by Gasteiger charge is -2.11. The molecule has 16 heavy (non-hydrogen) atoms. The van der Waals surface area contributed by atoms with Crippen LogP contribution in [0.2, 0.25) is 0 Å². The smallest absolute Gasteiger partial charge is 0.119 e. The van der Waals surface area contributed by atoms with Gasteiger partial charge in [-0.3, -0.25) is 0 Å². The molecule has 0 spiro atoms. The second kappa shape index (κ2) is 7.25. The molecule has 0 aliphatic heterocycles. The third-order valence-electron chi connectivity index (χ3n) is 2.34. The Kier molecular flexibility index (Phi) is 5.90. The van der Waals surface area contributed by atoms with Crippen molar-refractivity contribution < 1.29 is 9.84 Å². The zero-order valence-corrected chi connectivity index (χ0v) is 10.1. The first kappa shape index (κ1) is 13.0. The van der Waals surface area contributed by atoms with Gasteiger partial charge >= 0.3 is 0 Å². The fourth-order valence-corrected chi connectivity index (χ4v) is 1.54. The van der Waals surface area contributed by atoms with Crippen molar-refractivity contribution in [3.63, 3.8) is 0 Å². The Bertz CT molecular complexity index is 284. The Labute approximate surface area is 97.4 Å². The van der Waals surface area contributed by atoms with Crippen molar-refractivity contribution >= 4 is 0 Å². The highest BCUT2D eigenvalue weighted by Gasteiger charge is 2.04. The lowest BCUT2D eigenvalue weighted by molar-refractivity contribution is 0.172. The maximum atomic E-state index is 9.71. The van der Waals surface area contributed by atoms with Crippen LogP contribution in [0.15, 0.2) is 24.3 Å². The standard InChI is InChI=1S/C13H21NO2/c1-3-14-10-12(15)9-11-5-7-13(8-6-11)16-4-2/h5-8,12,14-15H,3-4,9-10H2,1-2H3. The quantitative estimate of drug-likeness (QED) is 0.737. The van der Waals surface area contributed by atoms with Gasteiger partial charge in [0.05, 0.1) is 12.7 Å². The summed E-state index contributed by atoms with van der Waals surface area (Å²) < 4.78 is 5.36. The summed E-state index contributed by atoms with van der Waals surface area (Å²) >= 11 is 0. The van der Waals surface area contributed by atoms with E-state index in [1.54, 1.807) is 0 Å². The molecule has 1 rings (SSSR count). The molecule has 3 nitrogen and oxygen atoms in total. The molecule has 1 atom stereocenters. The fourth-order valence-electron chi connectivity index (χ4n) is 1.54. The van der Waals surface area contributed by atoms with E-state index in [-0.39, 0.29) is 6.10 Å². The Balaban J connectivity index is 2.41. The molecule has 0 amide bonds. The minimum atomic E-state index is -0.321. The number of hydrogen-bond acceptors (Lipinski definition) is 3. The van der Waals surface area contributed by atoms with E-state index >= 15 is 0 Å². The number of rotatable bonds is 7. The summed E-state index contributed by atoms with van der Waals surface area (Å²) in [6.45, 7) is 6.21. The highest BCUT2D eigenvalue weighted by Crippen LogP contribution is 2.13. The van der Waals surface area contributed by atoms with Gasteiger partial charge in [-0.05, 0) is 37.6 Å². The van der Waals surface area contributed by atoms with Gasteiger partial charge in [0.25, 0.3) is 0 Å². The van der Waals surface area contributed by atoms with E-state index in [0.717, 1.165) is 17.9 Å². The van der Waals surface area contributed by atoms with Gasteiger partial charge in [-0.25, -0.2) is 0 Å². The van der Waals surface area contributed by atoms with Gasteiger partial charge in [-0.2, -0.15) is 0 Å². The van der Waals surface area contributed by atoms with Crippen LogP contribution in [0.1, 0.15) is 19.4 Å². The van der Waals surface area contributed by atoms with Crippen LogP contribution in [-0.4, -0.2) is 30.9 Å². The van der Waals surface area contributed by atoms with Crippen molar-refractivity contribution in [1.29, 1.82) is 0 Å². The van der Waals surface area contributed by atoms with Crippen LogP contribution in [-0.2, 0) is 6.42 Å². The second-order valence-corrected chi connectivity index (χ2v) is 3.74. The molecule has 0 heterocycles. The number of aliphatic hydroxyl groups excluding tert-OH is 1. The van der Waals surface area contributed by atoms with Crippen LogP contribution in [0, 0.1) is 0 Å². The highest BCUT2D eigenvalue weighted by molar-refractivity contribution is 5.27. The first-order valence-corrected chi connectivity index (χ1v) is 5.86. The van der Waals surface area contributed by atoms with E-state index in [9.17, 15) is 5.11 Å². The first-order valence-electron chi connectivity index (χ1n) is 5.86. The van der Waals surface area contributed by atoms with Crippen molar-refractivity contribution in [3.8, 4) is 5.75 Å². The molecule has 0 bridgehead atoms. The predicted octanol–water partition coefficient (Wildman–Crippen LogP) is 1.60. The van der Waals surface area contributed by atoms with Crippen molar-refractivity contribution in [2.45, 2.75) is 26.4 Å². The minimum Gasteiger partial charge on any atom is -0.494 e. The van der Waals surface area contributed by atoms with Crippen molar-refractivity contribution in [1.82, 2.24) is 5.32 Å². The molecular formula is C13H21NO2. The second-order valence-electron chi connectivity index (χ2n) is 3.74. The number of benzene rings is 1. The molecule has 0 aliphatic carbocycles. The van der Waals surface area contributed by atoms with Gasteiger partial charge in [-0.1, -0.05) is 19.1 Å². The molecule has 1 aromatic carbocycles. The van der Waals surface area contributed by atoms with Crippen LogP contribution in [0.4, 0.5) is 0 Å². The van der Waals surface area contributed by atoms with Crippen molar-refractivity contribution in [2.75, 3.05) is 19.7 Å². The summed E-state index contributed by atoms with van der Waals surface area (Å²) in [6.07, 6.45) is 0.359. The average molecular weight is 223 g/mol. The molecule has 2 N–H and O–H groups in total. The number of nitrogens with one attached hydrogen (secondary N) is 1. The molecule has 3 heteroatoms. The van der Waals surface area contributed by atoms with E-state index in [1.807, 2.05) is 38.1 Å². The van der Waals surface area contributed by atoms with Gasteiger partial charge in [0.15, 0.2) is 0 Å². The lowest BCUT2D eigenvalue weighted by Crippen LogP contribution is -2.28. The van der Waals surface area contributed by atoms with E-state index in [0.29, 0.717) is 19.6 Å². The molecule has 0 fully saturated rings. The zero-order valence-electron chi connectivity index (χ0n) is 10.1. The van der Waals surface area contributed by atoms with Gasteiger partial charge in [0.2, 0.25) is 0 Å². The van der Waals surface area contributed by atoms with Crippen molar-refractivity contribution in [2.24, 2.45) is 0 Å². The Morgan fingerprint density at radius 1 is 1.25 bits per heavy atom. The first-order chi connectivity index (χ1) is 7.76. The zero-order chi connectivity index (χ0) is 11.8. The monoisotopic (exact) mass is 223 g/mol. The fraction of sp³-hybridized carbons (Fsp3) is 0.538. The molecule has 0 aliphatic rings. The molecule has 1 unspecified atom stereocenters. The summed E-state index contributed by atoms with van der Waals surface area (Å²) in [4.78, 5) is 0. The van der Waals surface area contributed by atoms with E-state index in [1.165, 1.54) is 0 Å². The third kappa shape index (κ3) is 4.64. The maximum Gasteiger partial charge on any atom is 0.119 e. The van der Waals surface area contributed by atoms with E-state index in [2.05, 4.69) is 5.32 Å². The number of likely N-dealkylation sites (N-methyl/N-ethyl adjacent to an activating group) is 1. The summed E-state index contributed by atoms with van der Waals surface area (Å²) in [5.74, 6) is 0.882. The normalized spacial score (nSPS) is 12.4. The third-order valence-corrected chi connectivity index (χ3v) is 2.34. The molecule has 1 aromatic rings. The van der Waals surface area contributed by atoms with Crippen LogP contribution in [0.25, 0.3) is 0 Å². The minimum absolute atomic E-state index is 0.321. The number of ether oxygens (including phenoxy) is 1. The van der Waals surface area contributed by atoms with Crippen LogP contribution >= 0.6 is 0 Å². The molecule has 0 radical (unpaired) electrons. The summed E-state index contributed by atoms with van der Waals surface area (Å²) in [6, 6.07) is 7.89. The largest absolute Gasteiger partial charge is 0.494 e. The predicted molar refractivity (Wildman–Crippen MR) is 65.9 cm³/mol. The highest BCUT2D eigenvalue weighted by atomic mass is 16.5. The van der Waals surface area contributed by atoms with Gasteiger partial charge in [0, 0.05) is 6.54 Å². The topological polar surface area (TPSA) is 41.5 Å². The van der Waals surface area contributed by atoms with Crippen LogP contribution < -0.4 is 10.1 Å². The molecular weight excluding hydrogens is 202 g/mol. The van der Waals surface area contributed by atoms with Crippen LogP contribution in [0.3, 0.4) is 0 Å². The molecule has 90 valence electrons. The van der Waals surface area contributed by atoms with Gasteiger partial charge in [-0.15, -0.1) is 0 Å². The summed E-state index contributed by atoms with van der Waals surface area (Å²) in [7, 11) is 0. The van der Waals surface area contributed by atoms with Gasteiger partial charge < -0.3 is 15.2 Å². The SMILES string of the molecule is CCNCC(O)Cc1ccc(OCC)cc1. The molecule has 0 saturated heterocycles. The van der Waals surface area contributed by atoms with E-state index in [4.69, 9.17) is 4.74 Å². The Morgan fingerprint density at radius 3 is 2.50 bits per heavy atom. The van der Waals surface area contributed by atoms with Gasteiger partial charge in [0.1, 0.15) is 5.75 Å². The summed E-state index contributed by atoms with van der Waals surface area (Å²) in [5, 5.41) is 12.8. The molecule has 0 aromatic heterocycles. The van der Waals surface area contributed by atoms with Crippen molar-refractivity contribution in [3.05, 3.63) is 29.8 Å².